The summed E-state index contributed by atoms with van der Waals surface area (Å²) in [5.74, 6) is 2.54. The van der Waals surface area contributed by atoms with Gasteiger partial charge in [0.15, 0.2) is 0 Å². The summed E-state index contributed by atoms with van der Waals surface area (Å²) < 4.78 is 0. The van der Waals surface area contributed by atoms with Crippen LogP contribution in [0.5, 0.6) is 0 Å². The van der Waals surface area contributed by atoms with E-state index in [1.54, 1.807) is 6.20 Å². The first-order valence-corrected chi connectivity index (χ1v) is 7.59. The van der Waals surface area contributed by atoms with Crippen LogP contribution >= 0.6 is 0 Å². The topological polar surface area (TPSA) is 62.2 Å². The second-order valence-electron chi connectivity index (χ2n) is 5.86. The van der Waals surface area contributed by atoms with E-state index in [-0.39, 0.29) is 0 Å². The van der Waals surface area contributed by atoms with Crippen LogP contribution in [0, 0.1) is 6.92 Å². The monoisotopic (exact) mass is 295 g/mol. The van der Waals surface area contributed by atoms with Gasteiger partial charge in [-0.25, -0.2) is 9.97 Å². The number of hydrogen-bond donors (Lipinski definition) is 2. The molecule has 0 aliphatic carbocycles. The van der Waals surface area contributed by atoms with Crippen LogP contribution in [0.3, 0.4) is 0 Å². The fraction of sp³-hybridized carbons (Fsp3) is 0.353. The van der Waals surface area contributed by atoms with E-state index in [0.29, 0.717) is 12.6 Å². The molecule has 3 heterocycles. The summed E-state index contributed by atoms with van der Waals surface area (Å²) in [4.78, 5) is 13.4. The highest BCUT2D eigenvalue weighted by Crippen LogP contribution is 2.27. The first-order chi connectivity index (χ1) is 10.6. The smallest absolute Gasteiger partial charge is 0.134 e. The third-order valence-corrected chi connectivity index (χ3v) is 3.50. The molecule has 5 nitrogen and oxygen atoms in total. The van der Waals surface area contributed by atoms with Crippen LogP contribution in [0.4, 0.5) is 17.5 Å². The minimum atomic E-state index is 0.329. The van der Waals surface area contributed by atoms with Gasteiger partial charge in [-0.2, -0.15) is 0 Å². The van der Waals surface area contributed by atoms with Crippen molar-refractivity contribution in [3.05, 3.63) is 41.1 Å². The van der Waals surface area contributed by atoms with Crippen molar-refractivity contribution in [3.63, 3.8) is 0 Å². The van der Waals surface area contributed by atoms with Gasteiger partial charge in [0, 0.05) is 30.4 Å². The Hall–Kier alpha value is -2.43. The minimum Gasteiger partial charge on any atom is -0.368 e. The predicted octanol–water partition coefficient (Wildman–Crippen LogP) is 3.48. The van der Waals surface area contributed by atoms with E-state index in [1.807, 2.05) is 18.3 Å². The van der Waals surface area contributed by atoms with E-state index in [2.05, 4.69) is 47.4 Å². The van der Waals surface area contributed by atoms with Crippen molar-refractivity contribution in [1.29, 1.82) is 0 Å². The molecule has 1 aliphatic heterocycles. The number of rotatable bonds is 4. The van der Waals surface area contributed by atoms with E-state index >= 15 is 0 Å². The highest BCUT2D eigenvalue weighted by molar-refractivity contribution is 5.70. The van der Waals surface area contributed by atoms with Crippen LogP contribution < -0.4 is 10.6 Å². The Kier molecular flexibility index (Phi) is 4.04. The van der Waals surface area contributed by atoms with Crippen LogP contribution in [0.25, 0.3) is 0 Å². The number of hydrogen-bond acceptors (Lipinski definition) is 5. The van der Waals surface area contributed by atoms with Gasteiger partial charge in [-0.3, -0.25) is 4.99 Å². The molecule has 0 radical (unpaired) electrons. The van der Waals surface area contributed by atoms with Gasteiger partial charge in [0.05, 0.1) is 6.54 Å². The van der Waals surface area contributed by atoms with Crippen molar-refractivity contribution >= 4 is 23.7 Å². The molecule has 2 aromatic heterocycles. The first-order valence-electron chi connectivity index (χ1n) is 7.59. The number of aromatic nitrogens is 2. The Balaban J connectivity index is 1.95. The van der Waals surface area contributed by atoms with Crippen molar-refractivity contribution < 1.29 is 0 Å². The molecular formula is C17H21N5. The highest BCUT2D eigenvalue weighted by Gasteiger charge is 2.15. The maximum atomic E-state index is 4.72. The van der Waals surface area contributed by atoms with E-state index in [9.17, 15) is 0 Å². The van der Waals surface area contributed by atoms with E-state index in [4.69, 9.17) is 4.98 Å². The fourth-order valence-corrected chi connectivity index (χ4v) is 2.49. The van der Waals surface area contributed by atoms with Crippen molar-refractivity contribution in [2.24, 2.45) is 4.99 Å². The summed E-state index contributed by atoms with van der Waals surface area (Å²) in [7, 11) is 0. The van der Waals surface area contributed by atoms with Crippen molar-refractivity contribution in [2.45, 2.75) is 39.8 Å². The quantitative estimate of drug-likeness (QED) is 0.906. The van der Waals surface area contributed by atoms with Crippen molar-refractivity contribution in [1.82, 2.24) is 9.97 Å². The van der Waals surface area contributed by atoms with Gasteiger partial charge in [-0.1, -0.05) is 0 Å². The Bertz CT molecular complexity index is 706. The second kappa shape index (κ2) is 6.13. The van der Waals surface area contributed by atoms with Crippen LogP contribution in [-0.2, 0) is 13.0 Å². The number of pyridine rings is 2. The van der Waals surface area contributed by atoms with E-state index < -0.39 is 0 Å². The average molecular weight is 295 g/mol. The summed E-state index contributed by atoms with van der Waals surface area (Å²) in [5, 5.41) is 6.73. The van der Waals surface area contributed by atoms with Gasteiger partial charge in [-0.05, 0) is 50.1 Å². The number of aliphatic imine (C=N–C) groups is 1. The molecule has 114 valence electrons. The van der Waals surface area contributed by atoms with Gasteiger partial charge >= 0.3 is 0 Å². The lowest BCUT2D eigenvalue weighted by Crippen LogP contribution is -2.16. The largest absolute Gasteiger partial charge is 0.368 e. The molecule has 22 heavy (non-hydrogen) atoms. The maximum absolute atomic E-state index is 4.72. The Morgan fingerprint density at radius 1 is 1.18 bits per heavy atom. The summed E-state index contributed by atoms with van der Waals surface area (Å²) >= 11 is 0. The van der Waals surface area contributed by atoms with Gasteiger partial charge in [-0.15, -0.1) is 0 Å². The molecular weight excluding hydrogens is 274 g/mol. The highest BCUT2D eigenvalue weighted by atomic mass is 15.1. The standard InChI is InChI=1S/C17H21N5/c1-11(2)20-17-14-10-18-6-5-13(14)9-16(22-17)21-15-8-12(3)4-7-19-15/h4,6-9,11H,5,10H2,1-3H3,(H2,19,20,21,22). The van der Waals surface area contributed by atoms with Gasteiger partial charge in [0.25, 0.3) is 0 Å². The summed E-state index contributed by atoms with van der Waals surface area (Å²) in [6.07, 6.45) is 4.62. The maximum Gasteiger partial charge on any atom is 0.134 e. The number of anilines is 3. The first kappa shape index (κ1) is 14.5. The molecule has 5 heteroatoms. The molecule has 0 spiro atoms. The lowest BCUT2D eigenvalue weighted by atomic mass is 10.0. The fourth-order valence-electron chi connectivity index (χ4n) is 2.49. The van der Waals surface area contributed by atoms with Crippen LogP contribution in [0.1, 0.15) is 30.5 Å². The molecule has 0 amide bonds. The molecule has 2 aromatic rings. The molecule has 0 atom stereocenters. The SMILES string of the molecule is Cc1ccnc(Nc2cc3c(c(NC(C)C)n2)CN=CC3)c1. The lowest BCUT2D eigenvalue weighted by molar-refractivity contribution is 0.873. The van der Waals surface area contributed by atoms with Crippen LogP contribution in [-0.4, -0.2) is 22.2 Å². The second-order valence-corrected chi connectivity index (χ2v) is 5.86. The minimum absolute atomic E-state index is 0.329. The Morgan fingerprint density at radius 2 is 2.05 bits per heavy atom. The van der Waals surface area contributed by atoms with Crippen LogP contribution in [0.15, 0.2) is 29.4 Å². The predicted molar refractivity (Wildman–Crippen MR) is 91.2 cm³/mol. The zero-order chi connectivity index (χ0) is 15.5. The summed E-state index contributed by atoms with van der Waals surface area (Å²) in [6, 6.07) is 6.41. The molecule has 0 saturated carbocycles. The van der Waals surface area contributed by atoms with Crippen LogP contribution in [0.2, 0.25) is 0 Å². The van der Waals surface area contributed by atoms with Crippen molar-refractivity contribution in [2.75, 3.05) is 10.6 Å². The Labute approximate surface area is 130 Å². The summed E-state index contributed by atoms with van der Waals surface area (Å²) in [5.41, 5.74) is 3.63. The number of aryl methyl sites for hydroxylation is 1. The van der Waals surface area contributed by atoms with Gasteiger partial charge < -0.3 is 10.6 Å². The molecule has 0 unspecified atom stereocenters. The molecule has 2 N–H and O–H groups in total. The lowest BCUT2D eigenvalue weighted by Gasteiger charge is -2.19. The van der Waals surface area contributed by atoms with E-state index in [0.717, 1.165) is 23.9 Å². The zero-order valence-electron chi connectivity index (χ0n) is 13.2. The third kappa shape index (κ3) is 3.24. The molecule has 3 rings (SSSR count). The zero-order valence-corrected chi connectivity index (χ0v) is 13.2. The summed E-state index contributed by atoms with van der Waals surface area (Å²) in [6.45, 7) is 6.97. The number of nitrogens with zero attached hydrogens (tertiary/aromatic N) is 3. The molecule has 0 fully saturated rings. The molecule has 0 bridgehead atoms. The number of fused-ring (bicyclic) bond motifs is 1. The third-order valence-electron chi connectivity index (χ3n) is 3.50. The molecule has 0 aromatic carbocycles. The molecule has 0 saturated heterocycles. The number of nitrogens with one attached hydrogen (secondary N) is 2. The van der Waals surface area contributed by atoms with E-state index in [1.165, 1.54) is 16.7 Å². The molecule has 1 aliphatic rings. The normalized spacial score (nSPS) is 13.1. The van der Waals surface area contributed by atoms with Crippen molar-refractivity contribution in [3.8, 4) is 0 Å². The Morgan fingerprint density at radius 3 is 2.82 bits per heavy atom. The average Bonchev–Trinajstić information content (AvgIpc) is 2.46. The van der Waals surface area contributed by atoms with Gasteiger partial charge in [0.1, 0.15) is 17.5 Å². The van der Waals surface area contributed by atoms with Gasteiger partial charge in [0.2, 0.25) is 0 Å².